The third-order valence-electron chi connectivity index (χ3n) is 2.03. The van der Waals surface area contributed by atoms with Crippen molar-refractivity contribution in [3.05, 3.63) is 28.0 Å². The van der Waals surface area contributed by atoms with E-state index in [1.54, 1.807) is 6.20 Å². The maximum atomic E-state index is 11.8. The van der Waals surface area contributed by atoms with Crippen LogP contribution in [0.2, 0.25) is 0 Å². The smallest absolute Gasteiger partial charge is 0.108 e. The molecule has 1 heterocycles. The van der Waals surface area contributed by atoms with Crippen LogP contribution in [-0.4, -0.2) is 13.9 Å². The summed E-state index contributed by atoms with van der Waals surface area (Å²) in [4.78, 5) is 4.20. The summed E-state index contributed by atoms with van der Waals surface area (Å²) in [5.41, 5.74) is 2.12. The Bertz CT molecular complexity index is 401. The zero-order valence-electron chi connectivity index (χ0n) is 10.0. The molecule has 0 bridgehead atoms. The Morgan fingerprint density at radius 1 is 1.50 bits per heavy atom. The highest BCUT2D eigenvalue weighted by Crippen LogP contribution is 2.14. The topological polar surface area (TPSA) is 42.0 Å². The van der Waals surface area contributed by atoms with Gasteiger partial charge in [0.25, 0.3) is 0 Å². The molecule has 1 rings (SSSR count). The predicted octanol–water partition coefficient (Wildman–Crippen LogP) is 2.70. The monoisotopic (exact) mass is 304 g/mol. The second kappa shape index (κ2) is 5.38. The molecule has 1 N–H and O–H groups in total. The second-order valence-electron chi connectivity index (χ2n) is 4.65. The molecule has 0 aliphatic heterocycles. The summed E-state index contributed by atoms with van der Waals surface area (Å²) in [5.74, 6) is 0. The molecule has 16 heavy (non-hydrogen) atoms. The fourth-order valence-corrected chi connectivity index (χ4v) is 2.03. The van der Waals surface area contributed by atoms with Gasteiger partial charge in [-0.25, -0.2) is 13.9 Å². The van der Waals surface area contributed by atoms with Crippen molar-refractivity contribution in [3.63, 3.8) is 0 Å². The Labute approximate surface area is 108 Å². The van der Waals surface area contributed by atoms with E-state index in [2.05, 4.69) is 25.6 Å². The van der Waals surface area contributed by atoms with Crippen LogP contribution in [-0.2, 0) is 17.5 Å². The van der Waals surface area contributed by atoms with Gasteiger partial charge in [-0.15, -0.1) is 0 Å². The van der Waals surface area contributed by atoms with Crippen molar-refractivity contribution in [1.82, 2.24) is 9.71 Å². The highest BCUT2D eigenvalue weighted by Gasteiger charge is 2.18. The molecule has 0 spiro atoms. The third-order valence-corrected chi connectivity index (χ3v) is 4.38. The zero-order chi connectivity index (χ0) is 12.3. The number of nitrogens with one attached hydrogen (secondary N) is 1. The molecule has 0 aromatic carbocycles. The van der Waals surface area contributed by atoms with Gasteiger partial charge >= 0.3 is 0 Å². The molecule has 1 atom stereocenters. The summed E-state index contributed by atoms with van der Waals surface area (Å²) < 4.78 is 15.4. The number of halogens is 1. The first-order valence-corrected chi connectivity index (χ1v) is 7.01. The van der Waals surface area contributed by atoms with Gasteiger partial charge in [-0.3, -0.25) is 0 Å². The minimum Gasteiger partial charge on any atom is -0.249 e. The molecule has 1 unspecified atom stereocenters. The summed E-state index contributed by atoms with van der Waals surface area (Å²) in [6.45, 7) is 8.40. The lowest BCUT2D eigenvalue weighted by molar-refractivity contribution is 0.634. The fraction of sp³-hybridized carbons (Fsp3) is 0.545. The normalized spacial score (nSPS) is 13.8. The molecule has 3 nitrogen and oxygen atoms in total. The second-order valence-corrected chi connectivity index (χ2v) is 7.46. The molecule has 0 radical (unpaired) electrons. The minimum absolute atomic E-state index is 0.238. The minimum atomic E-state index is -1.04. The molecular formula is C11H17BrN2OS. The third kappa shape index (κ3) is 3.96. The van der Waals surface area contributed by atoms with E-state index < -0.39 is 11.0 Å². The molecule has 0 saturated carbocycles. The molecule has 90 valence electrons. The van der Waals surface area contributed by atoms with Gasteiger partial charge in [0.2, 0.25) is 0 Å². The van der Waals surface area contributed by atoms with E-state index in [1.807, 2.05) is 33.8 Å². The Morgan fingerprint density at radius 2 is 2.12 bits per heavy atom. The average molecular weight is 305 g/mol. The van der Waals surface area contributed by atoms with Crippen LogP contribution in [0.5, 0.6) is 0 Å². The van der Waals surface area contributed by atoms with E-state index >= 15 is 0 Å². The Morgan fingerprint density at radius 3 is 2.62 bits per heavy atom. The Kier molecular flexibility index (Phi) is 4.64. The number of pyridine rings is 1. The van der Waals surface area contributed by atoms with Crippen molar-refractivity contribution in [1.29, 1.82) is 0 Å². The van der Waals surface area contributed by atoms with E-state index in [0.717, 1.165) is 15.7 Å². The quantitative estimate of drug-likeness (QED) is 0.873. The van der Waals surface area contributed by atoms with E-state index in [0.29, 0.717) is 6.54 Å². The maximum absolute atomic E-state index is 11.8. The van der Waals surface area contributed by atoms with Crippen molar-refractivity contribution in [3.8, 4) is 0 Å². The van der Waals surface area contributed by atoms with Crippen LogP contribution >= 0.6 is 15.9 Å². The summed E-state index contributed by atoms with van der Waals surface area (Å²) >= 11 is 3.35. The standard InChI is InChI=1S/C11H17BrN2OS/c1-8-5-9(6-13-10(8)12)7-14-16(15)11(2,3)4/h5-6,14H,7H2,1-4H3. The zero-order valence-corrected chi connectivity index (χ0v) is 12.4. The maximum Gasteiger partial charge on any atom is 0.108 e. The van der Waals surface area contributed by atoms with Crippen molar-refractivity contribution in [2.45, 2.75) is 39.0 Å². The molecular weight excluding hydrogens is 288 g/mol. The first kappa shape index (κ1) is 13.8. The number of nitrogens with zero attached hydrogens (tertiary/aromatic N) is 1. The van der Waals surface area contributed by atoms with Crippen molar-refractivity contribution in [2.24, 2.45) is 0 Å². The Balaban J connectivity index is 2.62. The van der Waals surface area contributed by atoms with E-state index in [9.17, 15) is 4.21 Å². The van der Waals surface area contributed by atoms with Crippen molar-refractivity contribution < 1.29 is 4.21 Å². The van der Waals surface area contributed by atoms with Crippen LogP contribution in [0.1, 0.15) is 31.9 Å². The van der Waals surface area contributed by atoms with Gasteiger partial charge in [-0.05, 0) is 54.8 Å². The van der Waals surface area contributed by atoms with Crippen molar-refractivity contribution in [2.75, 3.05) is 0 Å². The van der Waals surface area contributed by atoms with Gasteiger partial charge < -0.3 is 0 Å². The highest BCUT2D eigenvalue weighted by molar-refractivity contribution is 9.10. The molecule has 0 amide bonds. The summed E-state index contributed by atoms with van der Waals surface area (Å²) in [6, 6.07) is 2.03. The molecule has 1 aromatic rings. The number of hydrogen-bond acceptors (Lipinski definition) is 2. The van der Waals surface area contributed by atoms with E-state index in [4.69, 9.17) is 0 Å². The summed E-state index contributed by atoms with van der Waals surface area (Å²) in [7, 11) is -1.04. The molecule has 0 fully saturated rings. The first-order chi connectivity index (χ1) is 7.30. The molecule has 0 aliphatic rings. The lowest BCUT2D eigenvalue weighted by Crippen LogP contribution is -2.32. The molecule has 1 aromatic heterocycles. The van der Waals surface area contributed by atoms with Gasteiger partial charge in [0, 0.05) is 12.7 Å². The van der Waals surface area contributed by atoms with Gasteiger partial charge in [0.05, 0.1) is 15.7 Å². The van der Waals surface area contributed by atoms with Crippen LogP contribution in [0, 0.1) is 6.92 Å². The average Bonchev–Trinajstić information content (AvgIpc) is 2.18. The van der Waals surface area contributed by atoms with Crippen molar-refractivity contribution >= 4 is 26.9 Å². The summed E-state index contributed by atoms with van der Waals surface area (Å²) in [5, 5.41) is 0. The number of hydrogen-bond donors (Lipinski definition) is 1. The molecule has 5 heteroatoms. The van der Waals surface area contributed by atoms with E-state index in [1.165, 1.54) is 0 Å². The SMILES string of the molecule is Cc1cc(CNS(=O)C(C)(C)C)cnc1Br. The first-order valence-electron chi connectivity index (χ1n) is 5.07. The van der Waals surface area contributed by atoms with Gasteiger partial charge in [-0.2, -0.15) is 0 Å². The van der Waals surface area contributed by atoms with Gasteiger partial charge in [-0.1, -0.05) is 6.07 Å². The van der Waals surface area contributed by atoms with Crippen LogP contribution in [0.3, 0.4) is 0 Å². The lowest BCUT2D eigenvalue weighted by Gasteiger charge is -2.18. The lowest BCUT2D eigenvalue weighted by atomic mass is 10.2. The van der Waals surface area contributed by atoms with Crippen LogP contribution in [0.25, 0.3) is 0 Å². The fourth-order valence-electron chi connectivity index (χ4n) is 1.08. The number of aromatic nitrogens is 1. The highest BCUT2D eigenvalue weighted by atomic mass is 79.9. The number of aryl methyl sites for hydroxylation is 1. The van der Waals surface area contributed by atoms with Gasteiger partial charge in [0.15, 0.2) is 0 Å². The van der Waals surface area contributed by atoms with Gasteiger partial charge in [0.1, 0.15) is 4.60 Å². The summed E-state index contributed by atoms with van der Waals surface area (Å²) in [6.07, 6.45) is 1.78. The largest absolute Gasteiger partial charge is 0.249 e. The predicted molar refractivity (Wildman–Crippen MR) is 71.4 cm³/mol. The Hall–Kier alpha value is -0.260. The molecule has 0 saturated heterocycles. The number of rotatable bonds is 3. The van der Waals surface area contributed by atoms with Crippen LogP contribution < -0.4 is 4.72 Å². The van der Waals surface area contributed by atoms with Crippen LogP contribution in [0.4, 0.5) is 0 Å². The molecule has 0 aliphatic carbocycles. The van der Waals surface area contributed by atoms with Crippen LogP contribution in [0.15, 0.2) is 16.9 Å². The van der Waals surface area contributed by atoms with E-state index in [-0.39, 0.29) is 4.75 Å².